The number of likely N-dealkylation sites (N-methyl/N-ethyl adjacent to an activating group) is 1. The van der Waals surface area contributed by atoms with Gasteiger partial charge in [0.05, 0.1) is 11.4 Å². The molecule has 0 unspecified atom stereocenters. The van der Waals surface area contributed by atoms with Gasteiger partial charge in [0.15, 0.2) is 5.69 Å². The molecule has 0 radical (unpaired) electrons. The summed E-state index contributed by atoms with van der Waals surface area (Å²) in [4.78, 5) is 25.1. The van der Waals surface area contributed by atoms with Crippen molar-refractivity contribution in [1.82, 2.24) is 24.9 Å². The first-order valence-electron chi connectivity index (χ1n) is 10.7. The number of fused-ring (bicyclic) bond motifs is 1. The smallest absolute Gasteiger partial charge is 0.272 e. The van der Waals surface area contributed by atoms with Crippen LogP contribution in [0.4, 0.5) is 4.39 Å². The van der Waals surface area contributed by atoms with Crippen LogP contribution in [0.3, 0.4) is 0 Å². The molecule has 0 aliphatic heterocycles. The summed E-state index contributed by atoms with van der Waals surface area (Å²) in [5, 5.41) is 4.29. The SMILES string of the molecule is Cc1ccc(S(=O)(=O)N(C)CC(=O)NNC(=O)c2nn(-c3ccccc3F)c3c2CCC3)cc1. The molecule has 1 aliphatic rings. The van der Waals surface area contributed by atoms with Crippen LogP contribution in [0.25, 0.3) is 5.69 Å². The van der Waals surface area contributed by atoms with Gasteiger partial charge in [-0.25, -0.2) is 17.5 Å². The lowest BCUT2D eigenvalue weighted by atomic mass is 10.2. The minimum atomic E-state index is -3.87. The van der Waals surface area contributed by atoms with Crippen molar-refractivity contribution in [2.24, 2.45) is 0 Å². The molecule has 0 fully saturated rings. The molecule has 178 valence electrons. The zero-order valence-electron chi connectivity index (χ0n) is 18.7. The number of hydrazine groups is 1. The number of para-hydroxylation sites is 1. The van der Waals surface area contributed by atoms with Crippen LogP contribution < -0.4 is 10.9 Å². The number of aryl methyl sites for hydroxylation is 1. The van der Waals surface area contributed by atoms with E-state index in [4.69, 9.17) is 0 Å². The summed E-state index contributed by atoms with van der Waals surface area (Å²) in [5.74, 6) is -1.85. The van der Waals surface area contributed by atoms with Gasteiger partial charge in [-0.15, -0.1) is 0 Å². The van der Waals surface area contributed by atoms with Crippen molar-refractivity contribution in [3.8, 4) is 5.69 Å². The van der Waals surface area contributed by atoms with Crippen LogP contribution in [0.5, 0.6) is 0 Å². The molecule has 2 amide bonds. The number of rotatable bonds is 6. The van der Waals surface area contributed by atoms with E-state index in [2.05, 4.69) is 16.0 Å². The normalized spacial score (nSPS) is 13.1. The van der Waals surface area contributed by atoms with Crippen LogP contribution in [0.1, 0.15) is 33.7 Å². The average Bonchev–Trinajstić information content (AvgIpc) is 3.41. The third kappa shape index (κ3) is 4.57. The fourth-order valence-electron chi connectivity index (χ4n) is 3.85. The maximum absolute atomic E-state index is 14.3. The Morgan fingerprint density at radius 2 is 1.79 bits per heavy atom. The Labute approximate surface area is 196 Å². The van der Waals surface area contributed by atoms with Crippen LogP contribution in [0.15, 0.2) is 53.4 Å². The second-order valence-corrected chi connectivity index (χ2v) is 10.1. The summed E-state index contributed by atoms with van der Waals surface area (Å²) in [6.45, 7) is 1.34. The van der Waals surface area contributed by atoms with Gasteiger partial charge in [0.1, 0.15) is 11.5 Å². The number of carbonyl (C=O) groups is 2. The van der Waals surface area contributed by atoms with Crippen LogP contribution in [0.2, 0.25) is 0 Å². The van der Waals surface area contributed by atoms with Crippen molar-refractivity contribution in [3.05, 3.63) is 76.9 Å². The molecule has 3 aromatic rings. The first-order chi connectivity index (χ1) is 16.2. The second kappa shape index (κ2) is 9.35. The molecule has 1 aromatic heterocycles. The van der Waals surface area contributed by atoms with Gasteiger partial charge in [0, 0.05) is 18.3 Å². The molecule has 9 nitrogen and oxygen atoms in total. The number of nitrogens with one attached hydrogen (secondary N) is 2. The van der Waals surface area contributed by atoms with Crippen molar-refractivity contribution >= 4 is 21.8 Å². The number of hydrogen-bond donors (Lipinski definition) is 2. The van der Waals surface area contributed by atoms with E-state index in [0.717, 1.165) is 22.0 Å². The van der Waals surface area contributed by atoms with E-state index in [1.54, 1.807) is 30.3 Å². The predicted octanol–water partition coefficient (Wildman–Crippen LogP) is 1.89. The highest BCUT2D eigenvalue weighted by Crippen LogP contribution is 2.28. The summed E-state index contributed by atoms with van der Waals surface area (Å²) in [6, 6.07) is 12.4. The molecular formula is C23H24FN5O4S. The highest BCUT2D eigenvalue weighted by molar-refractivity contribution is 7.89. The zero-order chi connectivity index (χ0) is 24.5. The van der Waals surface area contributed by atoms with E-state index in [9.17, 15) is 22.4 Å². The number of aromatic nitrogens is 2. The zero-order valence-corrected chi connectivity index (χ0v) is 19.5. The Hall–Kier alpha value is -3.57. The van der Waals surface area contributed by atoms with Crippen molar-refractivity contribution in [2.75, 3.05) is 13.6 Å². The quantitative estimate of drug-likeness (QED) is 0.518. The summed E-state index contributed by atoms with van der Waals surface area (Å²) in [7, 11) is -2.60. The topological polar surface area (TPSA) is 113 Å². The lowest BCUT2D eigenvalue weighted by molar-refractivity contribution is -0.121. The van der Waals surface area contributed by atoms with E-state index in [1.807, 2.05) is 6.92 Å². The Kier molecular flexibility index (Phi) is 6.49. The number of hydrogen-bond acceptors (Lipinski definition) is 5. The van der Waals surface area contributed by atoms with Gasteiger partial charge in [0.25, 0.3) is 11.8 Å². The molecule has 0 saturated heterocycles. The predicted molar refractivity (Wildman–Crippen MR) is 122 cm³/mol. The third-order valence-corrected chi connectivity index (χ3v) is 7.45. The second-order valence-electron chi connectivity index (χ2n) is 8.07. The molecule has 1 aliphatic carbocycles. The lowest BCUT2D eigenvalue weighted by Gasteiger charge is -2.17. The van der Waals surface area contributed by atoms with Gasteiger partial charge in [-0.1, -0.05) is 29.8 Å². The van der Waals surface area contributed by atoms with Crippen molar-refractivity contribution in [1.29, 1.82) is 0 Å². The molecule has 4 rings (SSSR count). The molecule has 34 heavy (non-hydrogen) atoms. The molecule has 0 bridgehead atoms. The Morgan fingerprint density at radius 3 is 2.50 bits per heavy atom. The number of sulfonamides is 1. The van der Waals surface area contributed by atoms with Crippen molar-refractivity contribution in [3.63, 3.8) is 0 Å². The molecule has 11 heteroatoms. The van der Waals surface area contributed by atoms with Gasteiger partial charge in [-0.3, -0.25) is 20.4 Å². The maximum Gasteiger partial charge on any atom is 0.290 e. The summed E-state index contributed by atoms with van der Waals surface area (Å²) < 4.78 is 41.9. The molecular weight excluding hydrogens is 461 g/mol. The van der Waals surface area contributed by atoms with Crippen LogP contribution in [-0.2, 0) is 27.7 Å². The molecule has 2 aromatic carbocycles. The fourth-order valence-corrected chi connectivity index (χ4v) is 4.97. The Balaban J connectivity index is 1.43. The number of amides is 2. The number of nitrogens with zero attached hydrogens (tertiary/aromatic N) is 3. The fraction of sp³-hybridized carbons (Fsp3) is 0.261. The maximum atomic E-state index is 14.3. The van der Waals surface area contributed by atoms with Crippen LogP contribution >= 0.6 is 0 Å². The van der Waals surface area contributed by atoms with Gasteiger partial charge in [0.2, 0.25) is 10.0 Å². The Bertz CT molecular complexity index is 1350. The number of benzene rings is 2. The lowest BCUT2D eigenvalue weighted by Crippen LogP contribution is -2.47. The molecule has 0 atom stereocenters. The van der Waals surface area contributed by atoms with E-state index in [0.29, 0.717) is 18.4 Å². The minimum Gasteiger partial charge on any atom is -0.272 e. The first-order valence-corrected chi connectivity index (χ1v) is 12.1. The molecule has 1 heterocycles. The van der Waals surface area contributed by atoms with Gasteiger partial charge >= 0.3 is 0 Å². The summed E-state index contributed by atoms with van der Waals surface area (Å²) >= 11 is 0. The van der Waals surface area contributed by atoms with Crippen molar-refractivity contribution < 1.29 is 22.4 Å². The minimum absolute atomic E-state index is 0.0617. The Morgan fingerprint density at radius 1 is 1.09 bits per heavy atom. The first kappa shape index (κ1) is 23.6. The summed E-state index contributed by atoms with van der Waals surface area (Å²) in [6.07, 6.45) is 2.06. The van der Waals surface area contributed by atoms with Gasteiger partial charge in [-0.2, -0.15) is 9.40 Å². The third-order valence-electron chi connectivity index (χ3n) is 5.64. The molecule has 0 spiro atoms. The van der Waals surface area contributed by atoms with E-state index < -0.39 is 34.2 Å². The van der Waals surface area contributed by atoms with Gasteiger partial charge < -0.3 is 0 Å². The average molecular weight is 486 g/mol. The standard InChI is InChI=1S/C23H24FN5O4S/c1-15-10-12-16(13-11-15)34(32,33)28(2)14-21(30)25-26-23(31)22-17-6-5-9-19(17)29(27-22)20-8-4-3-7-18(20)24/h3-4,7-8,10-13H,5-6,9,14H2,1-2H3,(H,25,30)(H,26,31). The largest absolute Gasteiger partial charge is 0.290 e. The molecule has 0 saturated carbocycles. The van der Waals surface area contributed by atoms with Crippen molar-refractivity contribution in [2.45, 2.75) is 31.1 Å². The van der Waals surface area contributed by atoms with Crippen LogP contribution in [0, 0.1) is 12.7 Å². The summed E-state index contributed by atoms with van der Waals surface area (Å²) in [5.41, 5.74) is 7.21. The van der Waals surface area contributed by atoms with Gasteiger partial charge in [-0.05, 0) is 50.5 Å². The number of halogens is 1. The van der Waals surface area contributed by atoms with E-state index in [1.165, 1.54) is 29.9 Å². The molecule has 2 N–H and O–H groups in total. The highest BCUT2D eigenvalue weighted by Gasteiger charge is 2.28. The number of carbonyl (C=O) groups excluding carboxylic acids is 2. The highest BCUT2D eigenvalue weighted by atomic mass is 32.2. The van der Waals surface area contributed by atoms with Crippen LogP contribution in [-0.4, -0.2) is 47.9 Å². The monoisotopic (exact) mass is 485 g/mol. The van der Waals surface area contributed by atoms with E-state index >= 15 is 0 Å². The van der Waals surface area contributed by atoms with E-state index in [-0.39, 0.29) is 16.3 Å².